The second kappa shape index (κ2) is 6.58. The molecular weight excluding hydrogens is 202 g/mol. The lowest BCUT2D eigenvalue weighted by atomic mass is 10.2. The van der Waals surface area contributed by atoms with E-state index in [4.69, 9.17) is 5.73 Å². The first-order valence-corrected chi connectivity index (χ1v) is 5.68. The Morgan fingerprint density at radius 1 is 1.50 bits per heavy atom. The zero-order valence-electron chi connectivity index (χ0n) is 10.1. The Kier molecular flexibility index (Phi) is 5.38. The monoisotopic (exact) mass is 223 g/mol. The van der Waals surface area contributed by atoms with Gasteiger partial charge in [-0.05, 0) is 25.6 Å². The molecule has 1 atom stereocenters. The minimum absolute atomic E-state index is 0.0207. The summed E-state index contributed by atoms with van der Waals surface area (Å²) in [5.41, 5.74) is 7.66. The van der Waals surface area contributed by atoms with Gasteiger partial charge in [0.15, 0.2) is 0 Å². The third-order valence-corrected chi connectivity index (χ3v) is 2.72. The van der Waals surface area contributed by atoms with E-state index >= 15 is 0 Å². The molecule has 0 aliphatic heterocycles. The molecule has 1 rings (SSSR count). The Morgan fingerprint density at radius 2 is 2.25 bits per heavy atom. The molecule has 4 heteroatoms. The number of nitrogens with zero attached hydrogens (tertiary/aromatic N) is 2. The molecule has 0 amide bonds. The van der Waals surface area contributed by atoms with Gasteiger partial charge in [0, 0.05) is 24.8 Å². The molecule has 1 unspecified atom stereocenters. The zero-order valence-corrected chi connectivity index (χ0v) is 10.1. The van der Waals surface area contributed by atoms with Crippen molar-refractivity contribution in [3.05, 3.63) is 29.6 Å². The lowest BCUT2D eigenvalue weighted by Crippen LogP contribution is -2.42. The number of aliphatic hydroxyl groups is 1. The molecule has 1 aromatic rings. The molecule has 0 saturated carbocycles. The normalized spacial score (nSPS) is 13.1. The Balaban J connectivity index is 2.69. The maximum absolute atomic E-state index is 9.22. The van der Waals surface area contributed by atoms with Crippen LogP contribution in [-0.4, -0.2) is 40.7 Å². The molecule has 0 radical (unpaired) electrons. The van der Waals surface area contributed by atoms with Crippen LogP contribution in [0.3, 0.4) is 0 Å². The van der Waals surface area contributed by atoms with Crippen molar-refractivity contribution in [1.29, 1.82) is 0 Å². The molecule has 90 valence electrons. The van der Waals surface area contributed by atoms with Crippen molar-refractivity contribution < 1.29 is 5.11 Å². The van der Waals surface area contributed by atoms with Crippen LogP contribution >= 0.6 is 0 Å². The Labute approximate surface area is 97.1 Å². The van der Waals surface area contributed by atoms with Gasteiger partial charge in [-0.2, -0.15) is 0 Å². The first-order chi connectivity index (χ1) is 7.71. The zero-order chi connectivity index (χ0) is 12.0. The van der Waals surface area contributed by atoms with Gasteiger partial charge in [0.1, 0.15) is 0 Å². The number of pyridine rings is 1. The quantitative estimate of drug-likeness (QED) is 0.738. The van der Waals surface area contributed by atoms with E-state index in [0.29, 0.717) is 6.54 Å². The molecule has 1 aromatic heterocycles. The number of nitrogens with two attached hydrogens (primary N) is 1. The van der Waals surface area contributed by atoms with Crippen LogP contribution in [0.5, 0.6) is 0 Å². The molecule has 0 aliphatic rings. The molecule has 4 nitrogen and oxygen atoms in total. The summed E-state index contributed by atoms with van der Waals surface area (Å²) in [4.78, 5) is 6.59. The number of aryl methyl sites for hydroxylation is 1. The highest BCUT2D eigenvalue weighted by Gasteiger charge is 2.15. The van der Waals surface area contributed by atoms with E-state index < -0.39 is 0 Å². The summed E-state index contributed by atoms with van der Waals surface area (Å²) in [6.07, 6.45) is 0. The van der Waals surface area contributed by atoms with Gasteiger partial charge in [-0.25, -0.2) is 0 Å². The number of likely N-dealkylation sites (N-methyl/N-ethyl adjacent to an activating group) is 1. The standard InChI is InChI=1S/C12H21N3O/c1-3-15(12(7-13)9-16)8-11-6-4-5-10(2)14-11/h4-6,12,16H,3,7-9,13H2,1-2H3. The number of aromatic nitrogens is 1. The summed E-state index contributed by atoms with van der Waals surface area (Å²) >= 11 is 0. The Bertz CT molecular complexity index is 313. The number of hydrogen-bond acceptors (Lipinski definition) is 4. The van der Waals surface area contributed by atoms with Gasteiger partial charge in [-0.1, -0.05) is 13.0 Å². The molecule has 0 saturated heterocycles. The second-order valence-electron chi connectivity index (χ2n) is 3.91. The van der Waals surface area contributed by atoms with Gasteiger partial charge in [0.05, 0.1) is 12.3 Å². The Hall–Kier alpha value is -0.970. The molecule has 0 aromatic carbocycles. The highest BCUT2D eigenvalue weighted by molar-refractivity contribution is 5.09. The fraction of sp³-hybridized carbons (Fsp3) is 0.583. The minimum Gasteiger partial charge on any atom is -0.395 e. The number of aliphatic hydroxyl groups excluding tert-OH is 1. The molecule has 3 N–H and O–H groups in total. The first kappa shape index (κ1) is 13.1. The topological polar surface area (TPSA) is 62.4 Å². The van der Waals surface area contributed by atoms with Crippen LogP contribution < -0.4 is 5.73 Å². The lowest BCUT2D eigenvalue weighted by molar-refractivity contribution is 0.125. The molecular formula is C12H21N3O. The van der Waals surface area contributed by atoms with Crippen LogP contribution in [0, 0.1) is 6.92 Å². The first-order valence-electron chi connectivity index (χ1n) is 5.68. The van der Waals surface area contributed by atoms with Gasteiger partial charge in [0.25, 0.3) is 0 Å². The van der Waals surface area contributed by atoms with Crippen molar-refractivity contribution in [2.75, 3.05) is 19.7 Å². The van der Waals surface area contributed by atoms with Crippen molar-refractivity contribution in [3.63, 3.8) is 0 Å². The predicted octanol–water partition coefficient (Wildman–Crippen LogP) is 0.532. The van der Waals surface area contributed by atoms with Crippen molar-refractivity contribution in [3.8, 4) is 0 Å². The van der Waals surface area contributed by atoms with Gasteiger partial charge in [-0.15, -0.1) is 0 Å². The second-order valence-corrected chi connectivity index (χ2v) is 3.91. The SMILES string of the molecule is CCN(Cc1cccc(C)n1)C(CN)CO. The third kappa shape index (κ3) is 3.56. The Morgan fingerprint density at radius 3 is 2.75 bits per heavy atom. The molecule has 1 heterocycles. The van der Waals surface area contributed by atoms with Crippen LogP contribution in [0.2, 0.25) is 0 Å². The fourth-order valence-electron chi connectivity index (χ4n) is 1.73. The van der Waals surface area contributed by atoms with E-state index in [1.54, 1.807) is 0 Å². The number of hydrogen-bond donors (Lipinski definition) is 2. The molecule has 0 aliphatic carbocycles. The summed E-state index contributed by atoms with van der Waals surface area (Å²) in [7, 11) is 0. The summed E-state index contributed by atoms with van der Waals surface area (Å²) in [5.74, 6) is 0. The molecule has 0 spiro atoms. The average Bonchev–Trinajstić information content (AvgIpc) is 2.29. The average molecular weight is 223 g/mol. The van der Waals surface area contributed by atoms with Crippen molar-refractivity contribution in [2.24, 2.45) is 5.73 Å². The smallest absolute Gasteiger partial charge is 0.0599 e. The molecule has 16 heavy (non-hydrogen) atoms. The van der Waals surface area contributed by atoms with E-state index in [0.717, 1.165) is 24.5 Å². The van der Waals surface area contributed by atoms with E-state index in [1.165, 1.54) is 0 Å². The lowest BCUT2D eigenvalue weighted by Gasteiger charge is -2.27. The van der Waals surface area contributed by atoms with Crippen LogP contribution in [-0.2, 0) is 6.54 Å². The van der Waals surface area contributed by atoms with E-state index in [9.17, 15) is 5.11 Å². The van der Waals surface area contributed by atoms with E-state index in [2.05, 4.69) is 16.8 Å². The van der Waals surface area contributed by atoms with Crippen LogP contribution in [0.4, 0.5) is 0 Å². The maximum Gasteiger partial charge on any atom is 0.0599 e. The van der Waals surface area contributed by atoms with Crippen molar-refractivity contribution in [1.82, 2.24) is 9.88 Å². The highest BCUT2D eigenvalue weighted by atomic mass is 16.3. The third-order valence-electron chi connectivity index (χ3n) is 2.72. The van der Waals surface area contributed by atoms with E-state index in [1.807, 2.05) is 25.1 Å². The molecule has 0 bridgehead atoms. The predicted molar refractivity (Wildman–Crippen MR) is 65.0 cm³/mol. The van der Waals surface area contributed by atoms with Gasteiger partial charge in [0.2, 0.25) is 0 Å². The maximum atomic E-state index is 9.22. The van der Waals surface area contributed by atoms with E-state index in [-0.39, 0.29) is 12.6 Å². The van der Waals surface area contributed by atoms with Crippen LogP contribution in [0.25, 0.3) is 0 Å². The minimum atomic E-state index is 0.0207. The number of rotatable bonds is 6. The summed E-state index contributed by atoms with van der Waals surface area (Å²) in [5, 5.41) is 9.22. The van der Waals surface area contributed by atoms with Crippen molar-refractivity contribution >= 4 is 0 Å². The van der Waals surface area contributed by atoms with Crippen LogP contribution in [0.15, 0.2) is 18.2 Å². The largest absolute Gasteiger partial charge is 0.395 e. The molecule has 0 fully saturated rings. The fourth-order valence-corrected chi connectivity index (χ4v) is 1.73. The summed E-state index contributed by atoms with van der Waals surface area (Å²) < 4.78 is 0. The van der Waals surface area contributed by atoms with Gasteiger partial charge >= 0.3 is 0 Å². The summed E-state index contributed by atoms with van der Waals surface area (Å²) in [6, 6.07) is 6.00. The van der Waals surface area contributed by atoms with Gasteiger partial charge < -0.3 is 10.8 Å². The van der Waals surface area contributed by atoms with Crippen molar-refractivity contribution in [2.45, 2.75) is 26.4 Å². The van der Waals surface area contributed by atoms with Gasteiger partial charge in [-0.3, -0.25) is 9.88 Å². The van der Waals surface area contributed by atoms with Crippen LogP contribution in [0.1, 0.15) is 18.3 Å². The summed E-state index contributed by atoms with van der Waals surface area (Å²) in [6.45, 7) is 6.20. The highest BCUT2D eigenvalue weighted by Crippen LogP contribution is 2.06.